The Morgan fingerprint density at radius 1 is 0.966 bits per heavy atom. The van der Waals surface area contributed by atoms with Crippen molar-refractivity contribution in [3.8, 4) is 17.4 Å². The molecular weight excluding hydrogens is 378 g/mol. The van der Waals surface area contributed by atoms with E-state index in [1.54, 1.807) is 30.3 Å². The lowest BCUT2D eigenvalue weighted by Gasteiger charge is -2.09. The molecule has 29 heavy (non-hydrogen) atoms. The second-order valence-electron chi connectivity index (χ2n) is 6.01. The Kier molecular flexibility index (Phi) is 4.98. The van der Waals surface area contributed by atoms with Crippen molar-refractivity contribution in [2.24, 2.45) is 0 Å². The molecule has 8 heteroatoms. The average molecular weight is 392 g/mol. The second kappa shape index (κ2) is 7.89. The first-order chi connectivity index (χ1) is 14.1. The number of benzene rings is 2. The van der Waals surface area contributed by atoms with Gasteiger partial charge in [-0.05, 0) is 48.5 Å². The smallest absolute Gasteiger partial charge is 0.258 e. The highest BCUT2D eigenvalue weighted by Crippen LogP contribution is 2.23. The SMILES string of the molecule is O=C(Nc1ccc(Oc2cc(-n3cccc3)ncn2)cc1)c1ccc(F)cc1F. The first-order valence-electron chi connectivity index (χ1n) is 8.58. The molecule has 0 aliphatic carbocycles. The summed E-state index contributed by atoms with van der Waals surface area (Å²) in [6.07, 6.45) is 5.11. The van der Waals surface area contributed by atoms with Gasteiger partial charge in [0.2, 0.25) is 5.88 Å². The van der Waals surface area contributed by atoms with Crippen molar-refractivity contribution in [2.75, 3.05) is 5.32 Å². The molecule has 0 saturated heterocycles. The van der Waals surface area contributed by atoms with Crippen molar-refractivity contribution < 1.29 is 18.3 Å². The van der Waals surface area contributed by atoms with Crippen LogP contribution in [0.4, 0.5) is 14.5 Å². The third kappa shape index (κ3) is 4.27. The number of nitrogens with zero attached hydrogens (tertiary/aromatic N) is 3. The number of halogens is 2. The molecule has 0 fully saturated rings. The molecule has 0 unspecified atom stereocenters. The second-order valence-corrected chi connectivity index (χ2v) is 6.01. The number of rotatable bonds is 5. The van der Waals surface area contributed by atoms with Crippen LogP contribution in [0.5, 0.6) is 11.6 Å². The summed E-state index contributed by atoms with van der Waals surface area (Å²) in [6.45, 7) is 0. The molecule has 144 valence electrons. The van der Waals surface area contributed by atoms with E-state index in [1.807, 2.05) is 29.1 Å². The minimum absolute atomic E-state index is 0.245. The normalized spacial score (nSPS) is 10.6. The molecule has 1 N–H and O–H groups in total. The Balaban J connectivity index is 1.44. The average Bonchev–Trinajstić information content (AvgIpc) is 3.24. The van der Waals surface area contributed by atoms with E-state index in [0.29, 0.717) is 29.2 Å². The van der Waals surface area contributed by atoms with Crippen molar-refractivity contribution in [3.05, 3.63) is 96.6 Å². The highest BCUT2D eigenvalue weighted by molar-refractivity contribution is 6.04. The maximum Gasteiger partial charge on any atom is 0.258 e. The van der Waals surface area contributed by atoms with Gasteiger partial charge in [-0.2, -0.15) is 0 Å². The highest BCUT2D eigenvalue weighted by Gasteiger charge is 2.13. The maximum absolute atomic E-state index is 13.7. The van der Waals surface area contributed by atoms with Crippen LogP contribution in [-0.4, -0.2) is 20.4 Å². The van der Waals surface area contributed by atoms with Gasteiger partial charge in [0, 0.05) is 30.2 Å². The van der Waals surface area contributed by atoms with Gasteiger partial charge in [-0.15, -0.1) is 0 Å². The highest BCUT2D eigenvalue weighted by atomic mass is 19.1. The van der Waals surface area contributed by atoms with Crippen LogP contribution in [0.3, 0.4) is 0 Å². The molecule has 0 radical (unpaired) electrons. The number of amides is 1. The van der Waals surface area contributed by atoms with E-state index >= 15 is 0 Å². The molecule has 0 atom stereocenters. The number of ether oxygens (including phenoxy) is 1. The zero-order valence-corrected chi connectivity index (χ0v) is 14.9. The number of anilines is 1. The lowest BCUT2D eigenvalue weighted by molar-refractivity contribution is 0.102. The minimum atomic E-state index is -0.926. The van der Waals surface area contributed by atoms with E-state index in [-0.39, 0.29) is 5.56 Å². The van der Waals surface area contributed by atoms with Gasteiger partial charge in [0.05, 0.1) is 5.56 Å². The number of hydrogen-bond donors (Lipinski definition) is 1. The maximum atomic E-state index is 13.7. The van der Waals surface area contributed by atoms with Crippen molar-refractivity contribution in [1.29, 1.82) is 0 Å². The lowest BCUT2D eigenvalue weighted by atomic mass is 10.2. The number of nitrogens with one attached hydrogen (secondary N) is 1. The number of carbonyl (C=O) groups is 1. The van der Waals surface area contributed by atoms with Crippen molar-refractivity contribution in [2.45, 2.75) is 0 Å². The molecule has 1 amide bonds. The molecule has 0 spiro atoms. The van der Waals surface area contributed by atoms with Crippen LogP contribution in [0.1, 0.15) is 10.4 Å². The fourth-order valence-corrected chi connectivity index (χ4v) is 2.61. The summed E-state index contributed by atoms with van der Waals surface area (Å²) >= 11 is 0. The van der Waals surface area contributed by atoms with Gasteiger partial charge in [0.1, 0.15) is 29.5 Å². The summed E-state index contributed by atoms with van der Waals surface area (Å²) in [7, 11) is 0. The molecule has 4 aromatic rings. The van der Waals surface area contributed by atoms with E-state index in [2.05, 4.69) is 15.3 Å². The molecule has 0 aliphatic rings. The van der Waals surface area contributed by atoms with Gasteiger partial charge >= 0.3 is 0 Å². The van der Waals surface area contributed by atoms with E-state index in [4.69, 9.17) is 4.74 Å². The largest absolute Gasteiger partial charge is 0.439 e. The van der Waals surface area contributed by atoms with Crippen LogP contribution in [0.15, 0.2) is 79.4 Å². The standard InChI is InChI=1S/C21H14F2N4O2/c22-14-3-8-17(18(23)11-14)21(28)26-15-4-6-16(7-5-15)29-20-12-19(24-13-25-20)27-9-1-2-10-27/h1-13H,(H,26,28). The summed E-state index contributed by atoms with van der Waals surface area (Å²) in [6, 6.07) is 14.7. The van der Waals surface area contributed by atoms with Crippen LogP contribution < -0.4 is 10.1 Å². The number of aromatic nitrogens is 3. The fraction of sp³-hybridized carbons (Fsp3) is 0. The van der Waals surface area contributed by atoms with Gasteiger partial charge in [-0.3, -0.25) is 4.79 Å². The molecule has 2 aromatic heterocycles. The predicted molar refractivity (Wildman–Crippen MR) is 102 cm³/mol. The zero-order chi connectivity index (χ0) is 20.2. The van der Waals surface area contributed by atoms with Crippen LogP contribution in [0.2, 0.25) is 0 Å². The Bertz CT molecular complexity index is 1150. The summed E-state index contributed by atoms with van der Waals surface area (Å²) in [5.74, 6) is -0.842. The monoisotopic (exact) mass is 392 g/mol. The molecule has 4 rings (SSSR count). The molecule has 0 bridgehead atoms. The molecular formula is C21H14F2N4O2. The lowest BCUT2D eigenvalue weighted by Crippen LogP contribution is -2.13. The summed E-state index contributed by atoms with van der Waals surface area (Å²) in [5.41, 5.74) is 0.187. The Morgan fingerprint density at radius 2 is 1.72 bits per heavy atom. The van der Waals surface area contributed by atoms with Gasteiger partial charge < -0.3 is 14.6 Å². The van der Waals surface area contributed by atoms with Gasteiger partial charge in [0.25, 0.3) is 5.91 Å². The summed E-state index contributed by atoms with van der Waals surface area (Å²) in [5, 5.41) is 2.55. The number of carbonyl (C=O) groups excluding carboxylic acids is 1. The van der Waals surface area contributed by atoms with Crippen LogP contribution in [0, 0.1) is 11.6 Å². The van der Waals surface area contributed by atoms with E-state index in [1.165, 1.54) is 6.33 Å². The Morgan fingerprint density at radius 3 is 2.45 bits per heavy atom. The quantitative estimate of drug-likeness (QED) is 0.539. The topological polar surface area (TPSA) is 69.0 Å². The molecule has 0 saturated carbocycles. The van der Waals surface area contributed by atoms with Crippen LogP contribution in [-0.2, 0) is 0 Å². The first kappa shape index (κ1) is 18.3. The third-order valence-corrected chi connectivity index (χ3v) is 4.01. The fourth-order valence-electron chi connectivity index (χ4n) is 2.61. The molecule has 2 aromatic carbocycles. The van der Waals surface area contributed by atoms with Crippen molar-refractivity contribution in [3.63, 3.8) is 0 Å². The van der Waals surface area contributed by atoms with Crippen LogP contribution >= 0.6 is 0 Å². The predicted octanol–water partition coefficient (Wildman–Crippen LogP) is 4.59. The van der Waals surface area contributed by atoms with E-state index < -0.39 is 17.5 Å². The van der Waals surface area contributed by atoms with Crippen molar-refractivity contribution >= 4 is 11.6 Å². The molecule has 6 nitrogen and oxygen atoms in total. The van der Waals surface area contributed by atoms with E-state index in [0.717, 1.165) is 12.1 Å². The molecule has 2 heterocycles. The van der Waals surface area contributed by atoms with Crippen LogP contribution in [0.25, 0.3) is 5.82 Å². The van der Waals surface area contributed by atoms with Gasteiger partial charge in [-0.1, -0.05) is 0 Å². The Labute approximate surface area is 164 Å². The van der Waals surface area contributed by atoms with Gasteiger partial charge in [0.15, 0.2) is 0 Å². The van der Waals surface area contributed by atoms with Gasteiger partial charge in [-0.25, -0.2) is 18.7 Å². The first-order valence-corrected chi connectivity index (χ1v) is 8.58. The Hall–Kier alpha value is -4.07. The summed E-state index contributed by atoms with van der Waals surface area (Å²) < 4.78 is 34.2. The van der Waals surface area contributed by atoms with E-state index in [9.17, 15) is 13.6 Å². The number of hydrogen-bond acceptors (Lipinski definition) is 4. The summed E-state index contributed by atoms with van der Waals surface area (Å²) in [4.78, 5) is 20.4. The molecule has 0 aliphatic heterocycles. The zero-order valence-electron chi connectivity index (χ0n) is 14.9. The minimum Gasteiger partial charge on any atom is -0.439 e. The third-order valence-electron chi connectivity index (χ3n) is 4.01. The van der Waals surface area contributed by atoms with Crippen molar-refractivity contribution in [1.82, 2.24) is 14.5 Å².